The van der Waals surface area contributed by atoms with E-state index in [4.69, 9.17) is 0 Å². The van der Waals surface area contributed by atoms with Crippen molar-refractivity contribution in [1.29, 1.82) is 0 Å². The van der Waals surface area contributed by atoms with Crippen molar-refractivity contribution in [2.24, 2.45) is 0 Å². The second-order valence-corrected chi connectivity index (χ2v) is 5.34. The number of aryl methyl sites for hydroxylation is 2. The quantitative estimate of drug-likeness (QED) is 0.766. The number of Topliss-reactive ketones (excluding diaryl/α,β-unsaturated/α-hetero) is 1. The van der Waals surface area contributed by atoms with E-state index in [2.05, 4.69) is 29.1 Å². The zero-order valence-corrected chi connectivity index (χ0v) is 13.1. The van der Waals surface area contributed by atoms with Gasteiger partial charge in [-0.15, -0.1) is 0 Å². The van der Waals surface area contributed by atoms with Crippen LogP contribution in [-0.2, 0) is 6.42 Å². The third-order valence-corrected chi connectivity index (χ3v) is 3.72. The monoisotopic (exact) mass is 286 g/mol. The fourth-order valence-electron chi connectivity index (χ4n) is 2.43. The highest BCUT2D eigenvalue weighted by Crippen LogP contribution is 2.16. The third kappa shape index (κ3) is 3.54. The Morgan fingerprint density at radius 3 is 2.62 bits per heavy atom. The zero-order valence-electron chi connectivity index (χ0n) is 13.1. The van der Waals surface area contributed by atoms with Crippen LogP contribution in [0.2, 0.25) is 0 Å². The Hall–Kier alpha value is -2.04. The van der Waals surface area contributed by atoms with E-state index in [9.17, 15) is 4.79 Å². The number of carbonyl (C=O) groups excluding carboxylic acids is 1. The molecule has 0 fully saturated rings. The van der Waals surface area contributed by atoms with E-state index < -0.39 is 0 Å². The molecule has 0 aliphatic heterocycles. The molecule has 0 bridgehead atoms. The minimum absolute atomic E-state index is 0.0419. The number of carbonyl (C=O) groups is 1. The summed E-state index contributed by atoms with van der Waals surface area (Å²) in [5, 5.41) is 12.5. The lowest BCUT2D eigenvalue weighted by atomic mass is 10.1. The smallest absolute Gasteiger partial charge is 0.170 e. The van der Waals surface area contributed by atoms with Crippen LogP contribution in [-0.4, -0.2) is 25.8 Å². The molecule has 0 spiro atoms. The molecule has 2 aromatic heterocycles. The molecule has 0 N–H and O–H groups in total. The number of hydrogen-bond acceptors (Lipinski definition) is 4. The molecule has 0 aliphatic carbocycles. The van der Waals surface area contributed by atoms with Crippen molar-refractivity contribution in [2.45, 2.75) is 53.0 Å². The van der Waals surface area contributed by atoms with E-state index in [0.717, 1.165) is 24.2 Å². The Labute approximate surface area is 125 Å². The van der Waals surface area contributed by atoms with Gasteiger partial charge in [-0.3, -0.25) is 9.48 Å². The van der Waals surface area contributed by atoms with Crippen molar-refractivity contribution in [3.8, 4) is 0 Å². The van der Waals surface area contributed by atoms with E-state index >= 15 is 0 Å². The summed E-state index contributed by atoms with van der Waals surface area (Å²) in [4.78, 5) is 12.4. The largest absolute Gasteiger partial charge is 0.294 e. The second-order valence-electron chi connectivity index (χ2n) is 5.34. The van der Waals surface area contributed by atoms with Crippen molar-refractivity contribution in [2.75, 3.05) is 0 Å². The number of nitrogens with zero attached hydrogens (tertiary/aromatic N) is 4. The Bertz CT molecular complexity index is 629. The van der Waals surface area contributed by atoms with Gasteiger partial charge in [-0.25, -0.2) is 0 Å². The predicted octanol–water partition coefficient (Wildman–Crippen LogP) is 3.08. The highest BCUT2D eigenvalue weighted by Gasteiger charge is 2.15. The van der Waals surface area contributed by atoms with Gasteiger partial charge in [0.05, 0.1) is 29.5 Å². The molecule has 0 saturated carbocycles. The Kier molecular flexibility index (Phi) is 4.83. The summed E-state index contributed by atoms with van der Waals surface area (Å²) < 4.78 is 1.96. The molecule has 0 radical (unpaired) electrons. The highest BCUT2D eigenvalue weighted by atomic mass is 16.1. The van der Waals surface area contributed by atoms with Gasteiger partial charge in [-0.05, 0) is 38.8 Å². The predicted molar refractivity (Wildman–Crippen MR) is 81.4 cm³/mol. The number of rotatable bonds is 6. The fourth-order valence-corrected chi connectivity index (χ4v) is 2.43. The summed E-state index contributed by atoms with van der Waals surface area (Å²) in [6.45, 7) is 7.94. The normalized spacial score (nSPS) is 11.1. The lowest BCUT2D eigenvalue weighted by Gasteiger charge is -2.12. The maximum absolute atomic E-state index is 12.4. The molecule has 21 heavy (non-hydrogen) atoms. The molecule has 112 valence electrons. The first kappa shape index (κ1) is 15.4. The maximum atomic E-state index is 12.4. The molecule has 0 atom stereocenters. The van der Waals surface area contributed by atoms with Crippen molar-refractivity contribution in [3.63, 3.8) is 0 Å². The molecular formula is C16H22N4O. The first-order chi connectivity index (χ1) is 10.0. The van der Waals surface area contributed by atoms with Gasteiger partial charge in [0, 0.05) is 11.8 Å². The van der Waals surface area contributed by atoms with E-state index in [0.29, 0.717) is 23.7 Å². The second kappa shape index (κ2) is 6.61. The molecule has 0 saturated heterocycles. The van der Waals surface area contributed by atoms with Gasteiger partial charge in [-0.2, -0.15) is 15.3 Å². The lowest BCUT2D eigenvalue weighted by molar-refractivity contribution is 0.0990. The van der Waals surface area contributed by atoms with Gasteiger partial charge >= 0.3 is 0 Å². The average Bonchev–Trinajstić information content (AvgIpc) is 2.91. The zero-order chi connectivity index (χ0) is 15.4. The molecule has 0 aliphatic rings. The van der Waals surface area contributed by atoms with Gasteiger partial charge in [-0.1, -0.05) is 13.8 Å². The van der Waals surface area contributed by atoms with Gasteiger partial charge in [0.25, 0.3) is 0 Å². The molecule has 2 heterocycles. The molecule has 5 heteroatoms. The minimum Gasteiger partial charge on any atom is -0.294 e. The first-order valence-electron chi connectivity index (χ1n) is 7.43. The van der Waals surface area contributed by atoms with Crippen LogP contribution in [0, 0.1) is 13.8 Å². The van der Waals surface area contributed by atoms with Crippen molar-refractivity contribution in [3.05, 3.63) is 41.0 Å². The van der Waals surface area contributed by atoms with Gasteiger partial charge in [0.2, 0.25) is 0 Å². The summed E-state index contributed by atoms with van der Waals surface area (Å²) in [5.41, 5.74) is 2.87. The standard InChI is InChI=1S/C16H22N4O/c1-5-14(6-2)20-8-7-13(19-20)10-16(21)15-9-11(3)17-18-12(15)4/h7-9,14H,5-6,10H2,1-4H3. The van der Waals surface area contributed by atoms with Gasteiger partial charge in [0.15, 0.2) is 5.78 Å². The van der Waals surface area contributed by atoms with Crippen LogP contribution >= 0.6 is 0 Å². The number of hydrogen-bond donors (Lipinski definition) is 0. The summed E-state index contributed by atoms with van der Waals surface area (Å²) in [5.74, 6) is 0.0419. The van der Waals surface area contributed by atoms with Crippen LogP contribution in [0.4, 0.5) is 0 Å². The molecule has 0 unspecified atom stereocenters. The van der Waals surface area contributed by atoms with Crippen molar-refractivity contribution < 1.29 is 4.79 Å². The van der Waals surface area contributed by atoms with E-state index in [-0.39, 0.29) is 5.78 Å². The molecule has 0 amide bonds. The Balaban J connectivity index is 2.15. The number of aromatic nitrogens is 4. The van der Waals surface area contributed by atoms with Crippen LogP contribution in [0.5, 0.6) is 0 Å². The van der Waals surface area contributed by atoms with E-state index in [1.807, 2.05) is 30.8 Å². The molecular weight excluding hydrogens is 264 g/mol. The maximum Gasteiger partial charge on any atom is 0.170 e. The van der Waals surface area contributed by atoms with Crippen molar-refractivity contribution >= 4 is 5.78 Å². The Morgan fingerprint density at radius 1 is 1.24 bits per heavy atom. The SMILES string of the molecule is CCC(CC)n1ccc(CC(=O)c2cc(C)nnc2C)n1. The minimum atomic E-state index is 0.0419. The van der Waals surface area contributed by atoms with Crippen LogP contribution in [0.3, 0.4) is 0 Å². The molecule has 0 aromatic carbocycles. The summed E-state index contributed by atoms with van der Waals surface area (Å²) in [7, 11) is 0. The average molecular weight is 286 g/mol. The summed E-state index contributed by atoms with van der Waals surface area (Å²) in [6.07, 6.45) is 4.35. The summed E-state index contributed by atoms with van der Waals surface area (Å²) in [6, 6.07) is 4.12. The van der Waals surface area contributed by atoms with Gasteiger partial charge in [0.1, 0.15) is 0 Å². The topological polar surface area (TPSA) is 60.7 Å². The van der Waals surface area contributed by atoms with E-state index in [1.54, 1.807) is 6.07 Å². The highest BCUT2D eigenvalue weighted by molar-refractivity contribution is 5.98. The molecule has 2 rings (SSSR count). The number of ketones is 1. The fraction of sp³-hybridized carbons (Fsp3) is 0.500. The third-order valence-electron chi connectivity index (χ3n) is 3.72. The van der Waals surface area contributed by atoms with Crippen LogP contribution in [0.25, 0.3) is 0 Å². The first-order valence-corrected chi connectivity index (χ1v) is 7.43. The van der Waals surface area contributed by atoms with Crippen molar-refractivity contribution in [1.82, 2.24) is 20.0 Å². The summed E-state index contributed by atoms with van der Waals surface area (Å²) >= 11 is 0. The van der Waals surface area contributed by atoms with Crippen LogP contribution in [0.15, 0.2) is 18.3 Å². The lowest BCUT2D eigenvalue weighted by Crippen LogP contribution is -2.11. The van der Waals surface area contributed by atoms with E-state index in [1.165, 1.54) is 0 Å². The van der Waals surface area contributed by atoms with Crippen LogP contribution < -0.4 is 0 Å². The van der Waals surface area contributed by atoms with Crippen LogP contribution in [0.1, 0.15) is 60.2 Å². The molecule has 2 aromatic rings. The van der Waals surface area contributed by atoms with Gasteiger partial charge < -0.3 is 0 Å². The Morgan fingerprint density at radius 2 is 1.95 bits per heavy atom. The molecule has 5 nitrogen and oxygen atoms in total.